The molecule has 4 aromatic carbocycles. The van der Waals surface area contributed by atoms with Crippen LogP contribution in [0, 0.1) is 0 Å². The van der Waals surface area contributed by atoms with E-state index in [1.807, 2.05) is 0 Å². The van der Waals surface area contributed by atoms with Crippen molar-refractivity contribution < 1.29 is 0 Å². The van der Waals surface area contributed by atoms with E-state index in [1.54, 1.807) is 0 Å². The summed E-state index contributed by atoms with van der Waals surface area (Å²) in [5.74, 6) is 0. The van der Waals surface area contributed by atoms with Crippen molar-refractivity contribution in [3.63, 3.8) is 0 Å². The fourth-order valence-corrected chi connectivity index (χ4v) is 4.93. The maximum Gasteiger partial charge on any atom is 0.0465 e. The largest absolute Gasteiger partial charge is 0.310 e. The Kier molecular flexibility index (Phi) is 4.74. The zero-order chi connectivity index (χ0) is 22.5. The molecular formula is C31H31N. The predicted molar refractivity (Wildman–Crippen MR) is 137 cm³/mol. The Labute approximate surface area is 192 Å². The van der Waals surface area contributed by atoms with Crippen molar-refractivity contribution in [1.29, 1.82) is 0 Å². The molecule has 0 fully saturated rings. The van der Waals surface area contributed by atoms with Gasteiger partial charge in [-0.25, -0.2) is 0 Å². The second-order valence-corrected chi connectivity index (χ2v) is 10.4. The zero-order valence-corrected chi connectivity index (χ0v) is 19.7. The Morgan fingerprint density at radius 2 is 1.06 bits per heavy atom. The van der Waals surface area contributed by atoms with Crippen LogP contribution in [0.1, 0.15) is 51.3 Å². The molecule has 0 bridgehead atoms. The first-order valence-corrected chi connectivity index (χ1v) is 11.5. The molecule has 5 rings (SSSR count). The van der Waals surface area contributed by atoms with Crippen LogP contribution < -0.4 is 4.90 Å². The number of benzene rings is 4. The molecule has 1 aliphatic rings. The highest BCUT2D eigenvalue weighted by atomic mass is 15.1. The minimum Gasteiger partial charge on any atom is -0.310 e. The van der Waals surface area contributed by atoms with E-state index in [9.17, 15) is 0 Å². The van der Waals surface area contributed by atoms with Crippen LogP contribution in [0.5, 0.6) is 0 Å². The van der Waals surface area contributed by atoms with Crippen LogP contribution in [0.2, 0.25) is 0 Å². The first-order valence-electron chi connectivity index (χ1n) is 11.5. The molecule has 32 heavy (non-hydrogen) atoms. The van der Waals surface area contributed by atoms with Crippen LogP contribution in [0.3, 0.4) is 0 Å². The van der Waals surface area contributed by atoms with Gasteiger partial charge in [0.05, 0.1) is 0 Å². The molecule has 4 aromatic rings. The molecule has 0 aromatic heterocycles. The van der Waals surface area contributed by atoms with E-state index in [-0.39, 0.29) is 10.8 Å². The summed E-state index contributed by atoms with van der Waals surface area (Å²) >= 11 is 0. The molecular weight excluding hydrogens is 386 g/mol. The van der Waals surface area contributed by atoms with Crippen LogP contribution in [-0.2, 0) is 10.8 Å². The third-order valence-corrected chi connectivity index (χ3v) is 6.81. The summed E-state index contributed by atoms with van der Waals surface area (Å²) in [6.07, 6.45) is 0. The summed E-state index contributed by atoms with van der Waals surface area (Å²) < 4.78 is 0. The van der Waals surface area contributed by atoms with Gasteiger partial charge in [0.1, 0.15) is 0 Å². The van der Waals surface area contributed by atoms with Gasteiger partial charge in [-0.2, -0.15) is 0 Å². The maximum absolute atomic E-state index is 2.43. The van der Waals surface area contributed by atoms with Gasteiger partial charge in [0.2, 0.25) is 0 Å². The Balaban J connectivity index is 1.66. The van der Waals surface area contributed by atoms with E-state index in [4.69, 9.17) is 0 Å². The highest BCUT2D eigenvalue weighted by molar-refractivity contribution is 5.85. The van der Waals surface area contributed by atoms with Crippen LogP contribution in [0.25, 0.3) is 11.1 Å². The number of para-hydroxylation sites is 2. The minimum atomic E-state index is -0.0407. The van der Waals surface area contributed by atoms with Gasteiger partial charge in [0.25, 0.3) is 0 Å². The van der Waals surface area contributed by atoms with Gasteiger partial charge >= 0.3 is 0 Å². The monoisotopic (exact) mass is 417 g/mol. The van der Waals surface area contributed by atoms with Crippen molar-refractivity contribution in [3.8, 4) is 11.1 Å². The highest BCUT2D eigenvalue weighted by Crippen LogP contribution is 2.51. The van der Waals surface area contributed by atoms with Gasteiger partial charge < -0.3 is 4.90 Å². The number of fused-ring (bicyclic) bond motifs is 3. The van der Waals surface area contributed by atoms with E-state index in [0.717, 1.165) is 0 Å². The number of hydrogen-bond donors (Lipinski definition) is 0. The standard InChI is InChI=1S/C31H31N/c1-30(2,3)22-16-18-26-27-19-17-25(21-29(27)31(4,5)28(26)20-22)32(23-12-8-6-9-13-23)24-14-10-7-11-15-24/h6-21H,1-5H3. The molecule has 0 saturated heterocycles. The van der Waals surface area contributed by atoms with Crippen LogP contribution in [-0.4, -0.2) is 0 Å². The normalized spacial score (nSPS) is 14.0. The van der Waals surface area contributed by atoms with E-state index >= 15 is 0 Å². The summed E-state index contributed by atoms with van der Waals surface area (Å²) in [5.41, 5.74) is 10.6. The molecule has 1 aliphatic carbocycles. The zero-order valence-electron chi connectivity index (χ0n) is 19.7. The number of anilines is 3. The number of rotatable bonds is 3. The third-order valence-electron chi connectivity index (χ3n) is 6.81. The van der Waals surface area contributed by atoms with Gasteiger partial charge in [0, 0.05) is 22.5 Å². The van der Waals surface area contributed by atoms with Gasteiger partial charge in [-0.3, -0.25) is 0 Å². The summed E-state index contributed by atoms with van der Waals surface area (Å²) in [6.45, 7) is 11.6. The summed E-state index contributed by atoms with van der Waals surface area (Å²) in [6, 6.07) is 35.3. The Hall–Kier alpha value is -3.32. The van der Waals surface area contributed by atoms with Gasteiger partial charge in [0.15, 0.2) is 0 Å². The van der Waals surface area contributed by atoms with Crippen LogP contribution in [0.4, 0.5) is 17.1 Å². The second kappa shape index (κ2) is 7.38. The number of nitrogens with zero attached hydrogens (tertiary/aromatic N) is 1. The molecule has 0 radical (unpaired) electrons. The van der Waals surface area contributed by atoms with E-state index in [1.165, 1.54) is 44.9 Å². The molecule has 0 saturated carbocycles. The van der Waals surface area contributed by atoms with Crippen molar-refractivity contribution in [2.45, 2.75) is 45.4 Å². The Morgan fingerprint density at radius 3 is 1.59 bits per heavy atom. The van der Waals surface area contributed by atoms with Gasteiger partial charge in [-0.15, -0.1) is 0 Å². The van der Waals surface area contributed by atoms with Crippen molar-refractivity contribution >= 4 is 17.1 Å². The first kappa shape index (κ1) is 20.6. The van der Waals surface area contributed by atoms with Crippen molar-refractivity contribution in [2.75, 3.05) is 4.90 Å². The van der Waals surface area contributed by atoms with Gasteiger partial charge in [-0.05, 0) is 69.6 Å². The van der Waals surface area contributed by atoms with Crippen LogP contribution >= 0.6 is 0 Å². The van der Waals surface area contributed by atoms with Gasteiger partial charge in [-0.1, -0.05) is 95.3 Å². The predicted octanol–water partition coefficient (Wildman–Crippen LogP) is 8.76. The Morgan fingerprint density at radius 1 is 0.562 bits per heavy atom. The molecule has 0 aliphatic heterocycles. The summed E-state index contributed by atoms with van der Waals surface area (Å²) in [4.78, 5) is 2.35. The smallest absolute Gasteiger partial charge is 0.0465 e. The van der Waals surface area contributed by atoms with Crippen molar-refractivity contribution in [2.24, 2.45) is 0 Å². The second-order valence-electron chi connectivity index (χ2n) is 10.4. The average Bonchev–Trinajstić information content (AvgIpc) is 3.01. The quantitative estimate of drug-likeness (QED) is 0.322. The van der Waals surface area contributed by atoms with E-state index in [0.29, 0.717) is 0 Å². The molecule has 160 valence electrons. The fraction of sp³-hybridized carbons (Fsp3) is 0.226. The minimum absolute atomic E-state index is 0.0407. The van der Waals surface area contributed by atoms with Crippen molar-refractivity contribution in [1.82, 2.24) is 0 Å². The molecule has 1 heteroatoms. The molecule has 0 unspecified atom stereocenters. The average molecular weight is 418 g/mol. The molecule has 0 amide bonds. The first-order chi connectivity index (χ1) is 15.3. The molecule has 0 atom stereocenters. The lowest BCUT2D eigenvalue weighted by atomic mass is 9.79. The SMILES string of the molecule is CC(C)(C)c1ccc2c(c1)C(C)(C)c1cc(N(c3ccccc3)c3ccccc3)ccc1-2. The lowest BCUT2D eigenvalue weighted by molar-refractivity contribution is 0.584. The fourth-order valence-electron chi connectivity index (χ4n) is 4.93. The van der Waals surface area contributed by atoms with Crippen LogP contribution in [0.15, 0.2) is 97.1 Å². The van der Waals surface area contributed by atoms with E-state index < -0.39 is 0 Å². The third kappa shape index (κ3) is 3.33. The molecule has 1 nitrogen and oxygen atoms in total. The lowest BCUT2D eigenvalue weighted by Crippen LogP contribution is -2.18. The lowest BCUT2D eigenvalue weighted by Gasteiger charge is -2.28. The van der Waals surface area contributed by atoms with Crippen molar-refractivity contribution in [3.05, 3.63) is 114 Å². The summed E-state index contributed by atoms with van der Waals surface area (Å²) in [7, 11) is 0. The molecule has 0 heterocycles. The Bertz CT molecular complexity index is 1220. The highest BCUT2D eigenvalue weighted by Gasteiger charge is 2.36. The van der Waals surface area contributed by atoms with E-state index in [2.05, 4.69) is 137 Å². The maximum atomic E-state index is 2.43. The topological polar surface area (TPSA) is 3.24 Å². The molecule has 0 N–H and O–H groups in total. The number of hydrogen-bond acceptors (Lipinski definition) is 1. The molecule has 0 spiro atoms. The summed E-state index contributed by atoms with van der Waals surface area (Å²) in [5, 5.41) is 0.